The Balaban J connectivity index is 1.35. The highest BCUT2D eigenvalue weighted by Gasteiger charge is 2.37. The standard InChI is InChI=1S/C20H24BN5O5/c1-12(27)17-4-2-3-13-7-14(21(30)31-19(13)17)8-16(28)10-26-11-18(24-25-26)20(29)23-15-5-6-22-9-15/h2-4,11,14-15,22,30H,5-10H2,1H3,(H,23,29)/t14-,15+/m1/s1. The second-order valence-corrected chi connectivity index (χ2v) is 8.03. The molecular weight excluding hydrogens is 401 g/mol. The van der Waals surface area contributed by atoms with Crippen molar-refractivity contribution < 1.29 is 24.1 Å². The molecule has 3 N–H and O–H groups in total. The van der Waals surface area contributed by atoms with E-state index in [4.69, 9.17) is 4.65 Å². The Morgan fingerprint density at radius 1 is 1.39 bits per heavy atom. The molecule has 0 saturated carbocycles. The molecule has 2 aromatic rings. The van der Waals surface area contributed by atoms with Crippen molar-refractivity contribution in [3.05, 3.63) is 41.2 Å². The van der Waals surface area contributed by atoms with Gasteiger partial charge < -0.3 is 20.3 Å². The number of para-hydroxylation sites is 1. The lowest BCUT2D eigenvalue weighted by Gasteiger charge is -2.28. The van der Waals surface area contributed by atoms with E-state index in [9.17, 15) is 19.4 Å². The van der Waals surface area contributed by atoms with Gasteiger partial charge in [-0.3, -0.25) is 14.4 Å². The first-order chi connectivity index (χ1) is 14.9. The minimum Gasteiger partial charge on any atom is -0.535 e. The number of Topliss-reactive ketones (excluding diaryl/α,β-unsaturated/α-hetero) is 2. The molecule has 0 bridgehead atoms. The number of benzene rings is 1. The van der Waals surface area contributed by atoms with E-state index in [1.54, 1.807) is 12.1 Å². The topological polar surface area (TPSA) is 135 Å². The summed E-state index contributed by atoms with van der Waals surface area (Å²) < 4.78 is 6.90. The molecule has 3 heterocycles. The summed E-state index contributed by atoms with van der Waals surface area (Å²) >= 11 is 0. The third-order valence-corrected chi connectivity index (χ3v) is 5.59. The number of rotatable bonds is 7. The summed E-state index contributed by atoms with van der Waals surface area (Å²) in [6.07, 6.45) is 2.79. The molecule has 2 aliphatic rings. The highest BCUT2D eigenvalue weighted by atomic mass is 16.5. The quantitative estimate of drug-likeness (QED) is 0.417. The smallest absolute Gasteiger partial charge is 0.526 e. The molecule has 10 nitrogen and oxygen atoms in total. The van der Waals surface area contributed by atoms with Crippen LogP contribution in [0.5, 0.6) is 5.75 Å². The molecule has 0 spiro atoms. The maximum Gasteiger partial charge on any atom is 0.526 e. The predicted molar refractivity (Wildman–Crippen MR) is 111 cm³/mol. The number of carbonyl (C=O) groups excluding carboxylic acids is 3. The fourth-order valence-electron chi connectivity index (χ4n) is 3.99. The fourth-order valence-corrected chi connectivity index (χ4v) is 3.99. The Labute approximate surface area is 179 Å². The fraction of sp³-hybridized carbons (Fsp3) is 0.450. The lowest BCUT2D eigenvalue weighted by molar-refractivity contribution is -0.120. The van der Waals surface area contributed by atoms with Gasteiger partial charge in [-0.25, -0.2) is 4.68 Å². The Hall–Kier alpha value is -3.05. The van der Waals surface area contributed by atoms with Gasteiger partial charge in [-0.15, -0.1) is 5.10 Å². The van der Waals surface area contributed by atoms with Crippen LogP contribution in [0.3, 0.4) is 0 Å². The molecule has 0 radical (unpaired) electrons. The van der Waals surface area contributed by atoms with Gasteiger partial charge in [-0.2, -0.15) is 0 Å². The van der Waals surface area contributed by atoms with Crippen molar-refractivity contribution in [3.63, 3.8) is 0 Å². The lowest BCUT2D eigenvalue weighted by atomic mass is 9.64. The number of hydrogen-bond donors (Lipinski definition) is 3. The van der Waals surface area contributed by atoms with E-state index < -0.39 is 12.9 Å². The summed E-state index contributed by atoms with van der Waals surface area (Å²) in [5.41, 5.74) is 1.37. The zero-order valence-electron chi connectivity index (χ0n) is 17.2. The molecule has 0 aliphatic carbocycles. The summed E-state index contributed by atoms with van der Waals surface area (Å²) in [5.74, 6) is -0.690. The number of nitrogens with one attached hydrogen (secondary N) is 2. The second kappa shape index (κ2) is 8.99. The zero-order chi connectivity index (χ0) is 22.0. The van der Waals surface area contributed by atoms with Crippen molar-refractivity contribution in [3.8, 4) is 5.75 Å². The van der Waals surface area contributed by atoms with Crippen LogP contribution in [-0.2, 0) is 17.8 Å². The number of carbonyl (C=O) groups is 3. The van der Waals surface area contributed by atoms with Crippen LogP contribution in [0, 0.1) is 0 Å². The van der Waals surface area contributed by atoms with Gasteiger partial charge in [-0.05, 0) is 37.9 Å². The van der Waals surface area contributed by atoms with E-state index in [1.165, 1.54) is 17.8 Å². The summed E-state index contributed by atoms with van der Waals surface area (Å²) in [4.78, 5) is 36.6. The van der Waals surface area contributed by atoms with Crippen molar-refractivity contribution in [1.29, 1.82) is 0 Å². The van der Waals surface area contributed by atoms with E-state index in [-0.39, 0.29) is 42.2 Å². The number of amides is 1. The maximum absolute atomic E-state index is 12.6. The third-order valence-electron chi connectivity index (χ3n) is 5.59. The highest BCUT2D eigenvalue weighted by molar-refractivity contribution is 6.47. The second-order valence-electron chi connectivity index (χ2n) is 8.03. The van der Waals surface area contributed by atoms with Gasteiger partial charge in [0.05, 0.1) is 11.8 Å². The van der Waals surface area contributed by atoms with Crippen molar-refractivity contribution >= 4 is 24.6 Å². The number of aromatic nitrogens is 3. The van der Waals surface area contributed by atoms with Crippen LogP contribution in [0.25, 0.3) is 0 Å². The Kier molecular flexibility index (Phi) is 6.14. The van der Waals surface area contributed by atoms with Crippen LogP contribution >= 0.6 is 0 Å². The molecule has 1 aromatic carbocycles. The highest BCUT2D eigenvalue weighted by Crippen LogP contribution is 2.36. The molecule has 1 aromatic heterocycles. The first-order valence-corrected chi connectivity index (χ1v) is 10.3. The van der Waals surface area contributed by atoms with Crippen LogP contribution in [0.1, 0.15) is 46.2 Å². The Bertz CT molecular complexity index is 1000. The molecule has 31 heavy (non-hydrogen) atoms. The third kappa shape index (κ3) is 4.83. The van der Waals surface area contributed by atoms with Gasteiger partial charge in [0.2, 0.25) is 0 Å². The van der Waals surface area contributed by atoms with Crippen molar-refractivity contribution in [2.24, 2.45) is 0 Å². The monoisotopic (exact) mass is 425 g/mol. The van der Waals surface area contributed by atoms with Crippen LogP contribution in [0.2, 0.25) is 5.82 Å². The van der Waals surface area contributed by atoms with Crippen LogP contribution in [0.15, 0.2) is 24.4 Å². The molecule has 11 heteroatoms. The van der Waals surface area contributed by atoms with E-state index in [0.29, 0.717) is 17.7 Å². The largest absolute Gasteiger partial charge is 0.535 e. The minimum absolute atomic E-state index is 0.0607. The molecule has 4 rings (SSSR count). The van der Waals surface area contributed by atoms with Gasteiger partial charge >= 0.3 is 7.12 Å². The van der Waals surface area contributed by atoms with Crippen molar-refractivity contribution in [2.45, 2.75) is 44.6 Å². The van der Waals surface area contributed by atoms with Crippen LogP contribution < -0.4 is 15.3 Å². The summed E-state index contributed by atoms with van der Waals surface area (Å²) in [5, 5.41) is 24.1. The normalized spacial score (nSPS) is 20.1. The Morgan fingerprint density at radius 2 is 2.23 bits per heavy atom. The molecule has 0 unspecified atom stereocenters. The lowest BCUT2D eigenvalue weighted by Crippen LogP contribution is -2.36. The van der Waals surface area contributed by atoms with Gasteiger partial charge in [0.15, 0.2) is 17.3 Å². The van der Waals surface area contributed by atoms with E-state index in [1.807, 2.05) is 6.07 Å². The summed E-state index contributed by atoms with van der Waals surface area (Å²) in [6, 6.07) is 5.31. The first kappa shape index (κ1) is 21.2. The van der Waals surface area contributed by atoms with Gasteiger partial charge in [0.1, 0.15) is 12.3 Å². The van der Waals surface area contributed by atoms with E-state index in [0.717, 1.165) is 25.1 Å². The van der Waals surface area contributed by atoms with E-state index >= 15 is 0 Å². The van der Waals surface area contributed by atoms with Gasteiger partial charge in [0, 0.05) is 24.8 Å². The number of hydrogen-bond acceptors (Lipinski definition) is 8. The van der Waals surface area contributed by atoms with Crippen LogP contribution in [-0.4, -0.2) is 63.7 Å². The summed E-state index contributed by atoms with van der Waals surface area (Å²) in [7, 11) is -1.19. The zero-order valence-corrected chi connectivity index (χ0v) is 17.2. The Morgan fingerprint density at radius 3 is 2.97 bits per heavy atom. The van der Waals surface area contributed by atoms with Gasteiger partial charge in [-0.1, -0.05) is 17.3 Å². The van der Waals surface area contributed by atoms with Crippen molar-refractivity contribution in [2.75, 3.05) is 13.1 Å². The number of ketones is 2. The van der Waals surface area contributed by atoms with E-state index in [2.05, 4.69) is 20.9 Å². The number of nitrogens with zero attached hydrogens (tertiary/aromatic N) is 3. The molecule has 2 atom stereocenters. The van der Waals surface area contributed by atoms with Gasteiger partial charge in [0.25, 0.3) is 5.91 Å². The molecule has 1 amide bonds. The first-order valence-electron chi connectivity index (χ1n) is 10.3. The molecule has 1 fully saturated rings. The molecular formula is C20H24BN5O5. The minimum atomic E-state index is -1.19. The SMILES string of the molecule is CC(=O)c1cccc2c1OB(O)[C@@H](CC(=O)Cn1cc(C(=O)N[C@H]3CCNC3)nn1)C2. The molecule has 1 saturated heterocycles. The average molecular weight is 425 g/mol. The molecule has 2 aliphatic heterocycles. The summed E-state index contributed by atoms with van der Waals surface area (Å²) in [6.45, 7) is 2.97. The predicted octanol–water partition coefficient (Wildman–Crippen LogP) is 0.0174. The number of fused-ring (bicyclic) bond motifs is 1. The molecule has 162 valence electrons. The maximum atomic E-state index is 12.6. The van der Waals surface area contributed by atoms with Crippen molar-refractivity contribution in [1.82, 2.24) is 25.6 Å². The van der Waals surface area contributed by atoms with Crippen LogP contribution in [0.4, 0.5) is 0 Å². The average Bonchev–Trinajstić information content (AvgIpc) is 3.40.